The van der Waals surface area contributed by atoms with Gasteiger partial charge in [0.15, 0.2) is 34.7 Å². The van der Waals surface area contributed by atoms with E-state index in [0.717, 1.165) is 52.6 Å². The molecule has 1 aliphatic rings. The normalized spacial score (nSPS) is 11.3. The number of carbonyl (C=O) groups excluding carboxylic acids is 5. The van der Waals surface area contributed by atoms with E-state index in [0.29, 0.717) is 104 Å². The van der Waals surface area contributed by atoms with E-state index >= 15 is 0 Å². The quantitative estimate of drug-likeness (QED) is 0.0480. The lowest BCUT2D eigenvalue weighted by atomic mass is 9.85. The van der Waals surface area contributed by atoms with Crippen molar-refractivity contribution in [3.05, 3.63) is 343 Å². The fraction of sp³-hybridized carbons (Fsp3) is 0.182. The topological polar surface area (TPSA) is 330 Å². The van der Waals surface area contributed by atoms with Gasteiger partial charge in [-0.2, -0.15) is 5.10 Å². The zero-order valence-electron chi connectivity index (χ0n) is 63.3. The van der Waals surface area contributed by atoms with Crippen LogP contribution < -0.4 is 23.7 Å². The predicted octanol–water partition coefficient (Wildman–Crippen LogP) is 16.7. The van der Waals surface area contributed by atoms with Gasteiger partial charge in [0.1, 0.15) is 91.8 Å². The summed E-state index contributed by atoms with van der Waals surface area (Å²) in [6.07, 6.45) is 35.3. The van der Waals surface area contributed by atoms with Gasteiger partial charge >= 0.3 is 0 Å². The first-order chi connectivity index (χ1) is 55.5. The zero-order valence-corrected chi connectivity index (χ0v) is 63.3. The summed E-state index contributed by atoms with van der Waals surface area (Å²) in [5.41, 5.74) is 7.10. The molecule has 0 unspecified atom stereocenters. The van der Waals surface area contributed by atoms with E-state index in [1.807, 2.05) is 82.3 Å². The highest BCUT2D eigenvalue weighted by Crippen LogP contribution is 2.30. The number of rotatable bonds is 25. The molecule has 0 atom stereocenters. The first-order valence-electron chi connectivity index (χ1n) is 36.5. The molecule has 0 aromatic carbocycles. The van der Waals surface area contributed by atoms with E-state index in [4.69, 9.17) is 23.7 Å². The van der Waals surface area contributed by atoms with Gasteiger partial charge in [0.25, 0.3) is 0 Å². The van der Waals surface area contributed by atoms with Gasteiger partial charge in [0.05, 0.1) is 50.2 Å². The van der Waals surface area contributed by atoms with Gasteiger partial charge in [-0.25, -0.2) is 4.98 Å². The lowest BCUT2D eigenvalue weighted by Gasteiger charge is -2.20. The van der Waals surface area contributed by atoms with Crippen molar-refractivity contribution in [1.82, 2.24) is 79.6 Å². The van der Waals surface area contributed by atoms with Crippen molar-refractivity contribution in [2.24, 2.45) is 13.0 Å². The number of pyridine rings is 13. The molecule has 0 saturated heterocycles. The predicted molar refractivity (Wildman–Crippen MR) is 423 cm³/mol. The van der Waals surface area contributed by atoms with E-state index in [-0.39, 0.29) is 54.6 Å². The molecular formula is C88H80N16O10. The number of aromatic nitrogens is 16. The second-order valence-electron chi connectivity index (χ2n) is 26.0. The van der Waals surface area contributed by atoms with E-state index in [1.54, 1.807) is 220 Å². The molecule has 0 N–H and O–H groups in total. The summed E-state index contributed by atoms with van der Waals surface area (Å²) in [5.74, 6) is 7.34. The third-order valence-electron chi connectivity index (χ3n) is 16.9. The maximum absolute atomic E-state index is 12.4. The van der Waals surface area contributed by atoms with Crippen LogP contribution in [0.1, 0.15) is 137 Å². The largest absolute Gasteiger partial charge is 0.456 e. The minimum Gasteiger partial charge on any atom is -0.456 e. The Balaban J connectivity index is 0.000000141. The Kier molecular flexibility index (Phi) is 29.5. The van der Waals surface area contributed by atoms with Crippen LogP contribution in [0, 0.1) is 33.6 Å². The van der Waals surface area contributed by atoms with E-state index in [9.17, 15) is 24.0 Å². The van der Waals surface area contributed by atoms with Crippen molar-refractivity contribution >= 4 is 28.9 Å². The molecular weight excluding hydrogens is 1440 g/mol. The molecule has 1 saturated carbocycles. The fourth-order valence-corrected chi connectivity index (χ4v) is 11.2. The summed E-state index contributed by atoms with van der Waals surface area (Å²) in [5, 5.41) is 4.18. The molecule has 14 aromatic rings. The monoisotopic (exact) mass is 1520 g/mol. The van der Waals surface area contributed by atoms with Crippen molar-refractivity contribution in [3.8, 4) is 57.5 Å². The lowest BCUT2D eigenvalue weighted by Crippen LogP contribution is -2.13. The third-order valence-corrected chi connectivity index (χ3v) is 16.9. The van der Waals surface area contributed by atoms with Gasteiger partial charge in [-0.1, -0.05) is 44.2 Å². The van der Waals surface area contributed by atoms with E-state index < -0.39 is 0 Å². The van der Waals surface area contributed by atoms with Crippen LogP contribution in [0.25, 0.3) is 0 Å². The highest BCUT2D eigenvalue weighted by Gasteiger charge is 2.21. The Labute approximate surface area is 658 Å². The average molecular weight is 1520 g/mol. The molecule has 0 amide bonds. The summed E-state index contributed by atoms with van der Waals surface area (Å²) in [6, 6.07) is 47.9. The number of hydrogen-bond acceptors (Lipinski definition) is 25. The Morgan fingerprint density at radius 3 is 1.11 bits per heavy atom. The third kappa shape index (κ3) is 26.4. The first kappa shape index (κ1) is 80.5. The molecule has 1 aliphatic carbocycles. The average Bonchev–Trinajstić information content (AvgIpc) is 1.21. The molecule has 0 spiro atoms. The number of ketones is 5. The van der Waals surface area contributed by atoms with Crippen LogP contribution >= 0.6 is 0 Å². The number of hydrogen-bond donors (Lipinski definition) is 0. The van der Waals surface area contributed by atoms with E-state index in [2.05, 4.69) is 74.9 Å². The number of aryl methyl sites for hydroxylation is 5. The Hall–Kier alpha value is -14.6. The summed E-state index contributed by atoms with van der Waals surface area (Å²) < 4.78 is 30.0. The number of nitrogens with zero attached hydrogens (tertiary/aromatic N) is 16. The molecule has 0 radical (unpaired) electrons. The Morgan fingerprint density at radius 2 is 0.737 bits per heavy atom. The number of carbonyl (C=O) groups is 5. The SMILES string of the molecule is Cc1cc(CC(=O)c2cc(Oc3cccnc3)ccn2)ccn1.Cc1ccc(CC(=O)c2cc(Oc3cccnc3)ccn2)nc1.Cc1cccc(CC(=O)c2cc(Oc3cccnc3)ccn2)n1.Cc1nc(CC(=O)c2cc(Oc3cccnc3)ccn2)nn1C.O=C(CC1CCCCC1)c1cc(Oc2cccnc2)ccn1. The maximum atomic E-state index is 12.4. The minimum atomic E-state index is -0.160. The summed E-state index contributed by atoms with van der Waals surface area (Å²) in [6.45, 7) is 7.59. The van der Waals surface area contributed by atoms with Gasteiger partial charge in [-0.15, -0.1) is 0 Å². The molecule has 15 rings (SSSR count). The van der Waals surface area contributed by atoms with Gasteiger partial charge in [0.2, 0.25) is 0 Å². The van der Waals surface area contributed by atoms with Crippen LogP contribution in [-0.2, 0) is 32.7 Å². The van der Waals surface area contributed by atoms with Crippen molar-refractivity contribution < 1.29 is 47.7 Å². The summed E-state index contributed by atoms with van der Waals surface area (Å²) in [7, 11) is 1.79. The van der Waals surface area contributed by atoms with Crippen LogP contribution in [0.5, 0.6) is 57.5 Å². The van der Waals surface area contributed by atoms with E-state index in [1.165, 1.54) is 25.5 Å². The first-order valence-corrected chi connectivity index (χ1v) is 36.5. The van der Waals surface area contributed by atoms with Crippen molar-refractivity contribution in [1.29, 1.82) is 0 Å². The molecule has 0 bridgehead atoms. The molecule has 0 aliphatic heterocycles. The van der Waals surface area contributed by atoms with Gasteiger partial charge < -0.3 is 23.7 Å². The Morgan fingerprint density at radius 1 is 0.342 bits per heavy atom. The highest BCUT2D eigenvalue weighted by atomic mass is 16.5. The Bertz CT molecular complexity index is 5300. The van der Waals surface area contributed by atoms with Crippen LogP contribution in [0.15, 0.2) is 269 Å². The van der Waals surface area contributed by atoms with Crippen molar-refractivity contribution in [2.75, 3.05) is 0 Å². The van der Waals surface area contributed by atoms with Crippen molar-refractivity contribution in [3.63, 3.8) is 0 Å². The summed E-state index contributed by atoms with van der Waals surface area (Å²) >= 11 is 0. The van der Waals surface area contributed by atoms with Crippen LogP contribution in [0.3, 0.4) is 0 Å². The molecule has 14 heterocycles. The second-order valence-corrected chi connectivity index (χ2v) is 26.0. The zero-order chi connectivity index (χ0) is 79.6. The molecule has 1 fully saturated rings. The minimum absolute atomic E-state index is 0.0627. The molecule has 26 heteroatoms. The van der Waals surface area contributed by atoms with Crippen LogP contribution in [-0.4, -0.2) is 108 Å². The van der Waals surface area contributed by atoms with Crippen molar-refractivity contribution in [2.45, 2.75) is 91.9 Å². The van der Waals surface area contributed by atoms with Crippen LogP contribution in [0.4, 0.5) is 0 Å². The number of ether oxygens (including phenoxy) is 5. The molecule has 26 nitrogen and oxygen atoms in total. The summed E-state index contributed by atoms with van der Waals surface area (Å²) in [4.78, 5) is 119. The smallest absolute Gasteiger partial charge is 0.188 e. The lowest BCUT2D eigenvalue weighted by molar-refractivity contribution is 0.0941. The molecule has 572 valence electrons. The van der Waals surface area contributed by atoms with Gasteiger partial charge in [0, 0.05) is 147 Å². The molecule has 114 heavy (non-hydrogen) atoms. The maximum Gasteiger partial charge on any atom is 0.188 e. The van der Waals surface area contributed by atoms with Gasteiger partial charge in [-0.3, -0.25) is 93.4 Å². The molecule has 14 aromatic heterocycles. The fourth-order valence-electron chi connectivity index (χ4n) is 11.2. The highest BCUT2D eigenvalue weighted by molar-refractivity contribution is 5.98. The standard InChI is InChI=1S/3C18H15N3O2.C18H20N2O2.C16H15N5O2/c1-13-4-2-5-14(21-13)10-18(22)17-11-15(7-9-20-17)23-16-6-3-8-19-12-16;1-13-9-14(4-7-20-13)10-18(22)17-11-15(5-8-21-17)23-16-3-2-6-19-12-16;1-13-4-5-14(21-11-13)9-18(22)17-10-15(6-8-20-17)23-16-3-2-7-19-12-16;21-18(11-14-5-2-1-3-6-14)17-12-15(8-10-20-17)22-16-7-4-9-19-13-16;1-11-19-16(20-21(11)2)9-15(22)14-8-12(5-7-18-14)23-13-4-3-6-17-10-13/h2*2-9,11-12H,10H2,1H3;2-8,10-12H,9H2,1H3;4,7-10,12-14H,1-3,5-6,11H2;3-8,10H,9H2,1-2H3. The number of Topliss-reactive ketones (excluding diaryl/α,β-unsaturated/α-hetero) is 5. The van der Waals surface area contributed by atoms with Gasteiger partial charge in [-0.05, 0) is 166 Å². The van der Waals surface area contributed by atoms with Crippen LogP contribution in [0.2, 0.25) is 0 Å². The second kappa shape index (κ2) is 41.9.